The zero-order chi connectivity index (χ0) is 10.4. The summed E-state index contributed by atoms with van der Waals surface area (Å²) in [7, 11) is 0. The summed E-state index contributed by atoms with van der Waals surface area (Å²) >= 11 is 0. The van der Waals surface area contributed by atoms with Crippen molar-refractivity contribution in [2.75, 3.05) is 0 Å². The molecule has 2 heteroatoms. The van der Waals surface area contributed by atoms with E-state index in [-0.39, 0.29) is 0 Å². The van der Waals surface area contributed by atoms with Crippen molar-refractivity contribution in [3.8, 4) is 0 Å². The van der Waals surface area contributed by atoms with Crippen molar-refractivity contribution in [1.82, 2.24) is 0 Å². The van der Waals surface area contributed by atoms with Crippen LogP contribution in [0.25, 0.3) is 0 Å². The molecule has 0 N–H and O–H groups in total. The molecule has 78 valence electrons. The van der Waals surface area contributed by atoms with Gasteiger partial charge in [-0.3, -0.25) is 0 Å². The molecule has 1 aliphatic rings. The Morgan fingerprint density at radius 1 is 1.14 bits per heavy atom. The van der Waals surface area contributed by atoms with E-state index >= 15 is 0 Å². The number of hydrogen-bond acceptors (Lipinski definition) is 0. The predicted molar refractivity (Wildman–Crippen MR) is 55.2 cm³/mol. The Kier molecular flexibility index (Phi) is 4.57. The number of allylic oxidation sites excluding steroid dienone is 6. The summed E-state index contributed by atoms with van der Waals surface area (Å²) in [6.07, 6.45) is 10.1. The Balaban J connectivity index is 2.46. The summed E-state index contributed by atoms with van der Waals surface area (Å²) in [5.41, 5.74) is 0. The van der Waals surface area contributed by atoms with E-state index in [9.17, 15) is 8.78 Å². The molecule has 1 fully saturated rings. The van der Waals surface area contributed by atoms with Crippen molar-refractivity contribution in [2.24, 2.45) is 5.92 Å². The van der Waals surface area contributed by atoms with Crippen LogP contribution in [0.1, 0.15) is 32.6 Å². The van der Waals surface area contributed by atoms with Crippen LogP contribution in [0.2, 0.25) is 0 Å². The summed E-state index contributed by atoms with van der Waals surface area (Å²) in [6.45, 7) is 1.54. The maximum Gasteiger partial charge on any atom is 0.125 e. The average molecular weight is 198 g/mol. The van der Waals surface area contributed by atoms with Crippen LogP contribution in [-0.2, 0) is 0 Å². The van der Waals surface area contributed by atoms with E-state index in [1.807, 2.05) is 6.08 Å². The smallest absolute Gasteiger partial charge is 0.125 e. The topological polar surface area (TPSA) is 0 Å². The normalized spacial score (nSPS) is 21.1. The molecule has 0 atom stereocenters. The molecule has 0 unspecified atom stereocenters. The highest BCUT2D eigenvalue weighted by molar-refractivity contribution is 5.21. The standard InChI is InChI=1S/C12H16F2/c1-2-11(13)9-12(14)8-7-10-5-3-4-6-10/h2,7-10H,3-6H2,1H3/b8-7+,11-2+,12-9+. The van der Waals surface area contributed by atoms with Crippen LogP contribution in [0.4, 0.5) is 8.78 Å². The summed E-state index contributed by atoms with van der Waals surface area (Å²) in [5, 5.41) is 0. The molecule has 0 radical (unpaired) electrons. The van der Waals surface area contributed by atoms with Crippen LogP contribution in [0, 0.1) is 5.92 Å². The quantitative estimate of drug-likeness (QED) is 0.587. The fourth-order valence-corrected chi connectivity index (χ4v) is 1.64. The second kappa shape index (κ2) is 5.74. The molecule has 0 amide bonds. The molecule has 0 nitrogen and oxygen atoms in total. The van der Waals surface area contributed by atoms with Gasteiger partial charge in [-0.25, -0.2) is 8.78 Å². The Bertz CT molecular complexity index is 255. The van der Waals surface area contributed by atoms with Crippen LogP contribution in [-0.4, -0.2) is 0 Å². The Morgan fingerprint density at radius 3 is 2.36 bits per heavy atom. The number of hydrogen-bond donors (Lipinski definition) is 0. The Labute approximate surface area is 84.0 Å². The van der Waals surface area contributed by atoms with Gasteiger partial charge in [0.15, 0.2) is 0 Å². The van der Waals surface area contributed by atoms with Gasteiger partial charge in [0.25, 0.3) is 0 Å². The molecule has 1 aliphatic carbocycles. The third-order valence-electron chi connectivity index (χ3n) is 2.48. The molecule has 0 aromatic rings. The van der Waals surface area contributed by atoms with Crippen LogP contribution < -0.4 is 0 Å². The van der Waals surface area contributed by atoms with Crippen molar-refractivity contribution < 1.29 is 8.78 Å². The molecule has 0 aliphatic heterocycles. The van der Waals surface area contributed by atoms with Crippen molar-refractivity contribution in [3.05, 3.63) is 36.0 Å². The molecule has 0 aromatic heterocycles. The minimum atomic E-state index is -0.529. The average Bonchev–Trinajstić information content (AvgIpc) is 2.67. The maximum absolute atomic E-state index is 13.0. The van der Waals surface area contributed by atoms with Gasteiger partial charge in [-0.2, -0.15) is 0 Å². The molecule has 0 saturated heterocycles. The summed E-state index contributed by atoms with van der Waals surface area (Å²) in [4.78, 5) is 0. The molecule has 1 saturated carbocycles. The van der Waals surface area contributed by atoms with Gasteiger partial charge < -0.3 is 0 Å². The lowest BCUT2D eigenvalue weighted by atomic mass is 10.1. The van der Waals surface area contributed by atoms with E-state index in [0.29, 0.717) is 5.92 Å². The fourth-order valence-electron chi connectivity index (χ4n) is 1.64. The summed E-state index contributed by atoms with van der Waals surface area (Å²) < 4.78 is 25.6. The van der Waals surface area contributed by atoms with Gasteiger partial charge in [0.2, 0.25) is 0 Å². The van der Waals surface area contributed by atoms with E-state index < -0.39 is 11.7 Å². The molecular formula is C12H16F2. The molecule has 1 rings (SSSR count). The van der Waals surface area contributed by atoms with Gasteiger partial charge >= 0.3 is 0 Å². The molecular weight excluding hydrogens is 182 g/mol. The second-order valence-corrected chi connectivity index (χ2v) is 3.61. The third-order valence-corrected chi connectivity index (χ3v) is 2.48. The summed E-state index contributed by atoms with van der Waals surface area (Å²) in [6, 6.07) is 0. The highest BCUT2D eigenvalue weighted by Gasteiger charge is 2.11. The largest absolute Gasteiger partial charge is 0.207 e. The zero-order valence-electron chi connectivity index (χ0n) is 8.47. The van der Waals surface area contributed by atoms with Crippen molar-refractivity contribution in [3.63, 3.8) is 0 Å². The van der Waals surface area contributed by atoms with Crippen molar-refractivity contribution in [1.29, 1.82) is 0 Å². The van der Waals surface area contributed by atoms with Crippen LogP contribution in [0.15, 0.2) is 36.0 Å². The third kappa shape index (κ3) is 3.86. The van der Waals surface area contributed by atoms with E-state index in [2.05, 4.69) is 0 Å². The van der Waals surface area contributed by atoms with E-state index in [1.54, 1.807) is 6.92 Å². The lowest BCUT2D eigenvalue weighted by Crippen LogP contribution is -1.85. The molecule has 0 aromatic carbocycles. The van der Waals surface area contributed by atoms with Crippen molar-refractivity contribution >= 4 is 0 Å². The van der Waals surface area contributed by atoms with Crippen molar-refractivity contribution in [2.45, 2.75) is 32.6 Å². The number of halogens is 2. The highest BCUT2D eigenvalue weighted by Crippen LogP contribution is 2.26. The zero-order valence-corrected chi connectivity index (χ0v) is 8.47. The molecule has 0 heterocycles. The minimum absolute atomic E-state index is 0.489. The second-order valence-electron chi connectivity index (χ2n) is 3.61. The molecule has 0 spiro atoms. The first-order valence-corrected chi connectivity index (χ1v) is 5.09. The Morgan fingerprint density at radius 2 is 1.79 bits per heavy atom. The lowest BCUT2D eigenvalue weighted by molar-refractivity contribution is 0.625. The monoisotopic (exact) mass is 198 g/mol. The van der Waals surface area contributed by atoms with Gasteiger partial charge in [0.05, 0.1) is 0 Å². The number of rotatable bonds is 3. The Hall–Kier alpha value is -0.920. The van der Waals surface area contributed by atoms with Gasteiger partial charge in [-0.15, -0.1) is 0 Å². The highest BCUT2D eigenvalue weighted by atomic mass is 19.1. The van der Waals surface area contributed by atoms with Crippen LogP contribution >= 0.6 is 0 Å². The lowest BCUT2D eigenvalue weighted by Gasteiger charge is -1.98. The minimum Gasteiger partial charge on any atom is -0.207 e. The predicted octanol–water partition coefficient (Wildman–Crippen LogP) is 4.46. The van der Waals surface area contributed by atoms with Gasteiger partial charge in [0, 0.05) is 6.08 Å². The van der Waals surface area contributed by atoms with E-state index in [4.69, 9.17) is 0 Å². The maximum atomic E-state index is 13.0. The fraction of sp³-hybridized carbons (Fsp3) is 0.500. The van der Waals surface area contributed by atoms with Crippen LogP contribution in [0.5, 0.6) is 0 Å². The van der Waals surface area contributed by atoms with Crippen LogP contribution in [0.3, 0.4) is 0 Å². The SMILES string of the molecule is C\C=C(F)/C=C(F)\C=C\C1CCCC1. The first kappa shape index (κ1) is 11.2. The van der Waals surface area contributed by atoms with Gasteiger partial charge in [-0.1, -0.05) is 25.0 Å². The van der Waals surface area contributed by atoms with E-state index in [1.165, 1.54) is 25.0 Å². The van der Waals surface area contributed by atoms with E-state index in [0.717, 1.165) is 18.9 Å². The summed E-state index contributed by atoms with van der Waals surface area (Å²) in [5.74, 6) is -0.547. The first-order chi connectivity index (χ1) is 6.72. The van der Waals surface area contributed by atoms with Gasteiger partial charge in [-0.05, 0) is 31.8 Å². The first-order valence-electron chi connectivity index (χ1n) is 5.09. The molecule has 0 bridgehead atoms. The molecule has 14 heavy (non-hydrogen) atoms. The van der Waals surface area contributed by atoms with Gasteiger partial charge in [0.1, 0.15) is 11.7 Å².